The van der Waals surface area contributed by atoms with Gasteiger partial charge in [0.2, 0.25) is 5.91 Å². The van der Waals surface area contributed by atoms with Crippen molar-refractivity contribution in [1.82, 2.24) is 0 Å². The number of amides is 1. The summed E-state index contributed by atoms with van der Waals surface area (Å²) < 4.78 is 0. The minimum Gasteiger partial charge on any atom is -0.478 e. The van der Waals surface area contributed by atoms with Crippen molar-refractivity contribution < 1.29 is 19.5 Å². The lowest BCUT2D eigenvalue weighted by molar-refractivity contribution is -0.117. The van der Waals surface area contributed by atoms with E-state index < -0.39 is 5.97 Å². The maximum absolute atomic E-state index is 12.0. The van der Waals surface area contributed by atoms with Gasteiger partial charge < -0.3 is 10.0 Å². The largest absolute Gasteiger partial charge is 0.478 e. The number of benzene rings is 1. The topological polar surface area (TPSA) is 74.7 Å². The molecule has 1 fully saturated rings. The SMILES string of the molecule is CC(=O)SC1CC(=O)N(c2ccc(C(=O)O)cc2C)C1. The number of rotatable bonds is 3. The van der Waals surface area contributed by atoms with E-state index in [1.165, 1.54) is 24.8 Å². The highest BCUT2D eigenvalue weighted by molar-refractivity contribution is 8.14. The van der Waals surface area contributed by atoms with Gasteiger partial charge in [-0.2, -0.15) is 0 Å². The first-order valence-corrected chi connectivity index (χ1v) is 7.08. The summed E-state index contributed by atoms with van der Waals surface area (Å²) in [4.78, 5) is 35.7. The second-order valence-corrected chi connectivity index (χ2v) is 6.22. The zero-order valence-electron chi connectivity index (χ0n) is 11.3. The number of hydrogen-bond acceptors (Lipinski definition) is 4. The highest BCUT2D eigenvalue weighted by atomic mass is 32.2. The maximum Gasteiger partial charge on any atom is 0.335 e. The monoisotopic (exact) mass is 293 g/mol. The van der Waals surface area contributed by atoms with Crippen LogP contribution in [0.25, 0.3) is 0 Å². The van der Waals surface area contributed by atoms with E-state index in [1.807, 2.05) is 0 Å². The van der Waals surface area contributed by atoms with Gasteiger partial charge >= 0.3 is 5.97 Å². The maximum atomic E-state index is 12.0. The van der Waals surface area contributed by atoms with Crippen LogP contribution in [0, 0.1) is 6.92 Å². The normalized spacial score (nSPS) is 18.4. The lowest BCUT2D eigenvalue weighted by atomic mass is 10.1. The van der Waals surface area contributed by atoms with Crippen LogP contribution in [0.5, 0.6) is 0 Å². The first-order valence-electron chi connectivity index (χ1n) is 6.20. The molecule has 1 amide bonds. The number of carboxylic acids is 1. The lowest BCUT2D eigenvalue weighted by Crippen LogP contribution is -2.25. The smallest absolute Gasteiger partial charge is 0.335 e. The summed E-state index contributed by atoms with van der Waals surface area (Å²) >= 11 is 1.18. The van der Waals surface area contributed by atoms with Crippen molar-refractivity contribution in [3.05, 3.63) is 29.3 Å². The Labute approximate surface area is 121 Å². The number of carbonyl (C=O) groups excluding carboxylic acids is 2. The highest BCUT2D eigenvalue weighted by Gasteiger charge is 2.32. The minimum atomic E-state index is -0.989. The number of anilines is 1. The van der Waals surface area contributed by atoms with Gasteiger partial charge in [0.25, 0.3) is 0 Å². The molecule has 5 nitrogen and oxygen atoms in total. The number of aryl methyl sites for hydroxylation is 1. The molecule has 1 unspecified atom stereocenters. The average Bonchev–Trinajstić information content (AvgIpc) is 2.68. The van der Waals surface area contributed by atoms with Crippen LogP contribution in [0.1, 0.15) is 29.3 Å². The van der Waals surface area contributed by atoms with Gasteiger partial charge in [0.05, 0.1) is 5.56 Å². The van der Waals surface area contributed by atoms with Crippen molar-refractivity contribution in [1.29, 1.82) is 0 Å². The van der Waals surface area contributed by atoms with Gasteiger partial charge in [0.1, 0.15) is 0 Å². The molecule has 1 saturated heterocycles. The van der Waals surface area contributed by atoms with Crippen molar-refractivity contribution in [2.75, 3.05) is 11.4 Å². The molecule has 1 aromatic carbocycles. The standard InChI is InChI=1S/C14H15NO4S/c1-8-5-10(14(18)19)3-4-12(8)15-7-11(6-13(15)17)20-9(2)16/h3-5,11H,6-7H2,1-2H3,(H,18,19). The van der Waals surface area contributed by atoms with Crippen LogP contribution in [0.3, 0.4) is 0 Å². The number of carbonyl (C=O) groups is 3. The number of hydrogen-bond donors (Lipinski definition) is 1. The van der Waals surface area contributed by atoms with Crippen molar-refractivity contribution in [2.45, 2.75) is 25.5 Å². The summed E-state index contributed by atoms with van der Waals surface area (Å²) in [5.41, 5.74) is 1.66. The van der Waals surface area contributed by atoms with Gasteiger partial charge in [-0.1, -0.05) is 11.8 Å². The Kier molecular flexibility index (Phi) is 4.13. The summed E-state index contributed by atoms with van der Waals surface area (Å²) in [5.74, 6) is -1.02. The zero-order valence-corrected chi connectivity index (χ0v) is 12.1. The molecule has 1 aliphatic rings. The highest BCUT2D eigenvalue weighted by Crippen LogP contribution is 2.30. The number of aromatic carboxylic acids is 1. The fourth-order valence-corrected chi connectivity index (χ4v) is 3.23. The van der Waals surface area contributed by atoms with Crippen LogP contribution in [0.4, 0.5) is 5.69 Å². The molecular formula is C14H15NO4S. The number of nitrogens with zero attached hydrogens (tertiary/aromatic N) is 1. The molecule has 0 spiro atoms. The molecule has 0 bridgehead atoms. The Morgan fingerprint density at radius 1 is 1.40 bits per heavy atom. The summed E-state index contributed by atoms with van der Waals surface area (Å²) in [6.45, 7) is 3.75. The van der Waals surface area contributed by atoms with Crippen LogP contribution in [-0.4, -0.2) is 33.9 Å². The summed E-state index contributed by atoms with van der Waals surface area (Å²) in [6, 6.07) is 4.69. The fourth-order valence-electron chi connectivity index (χ4n) is 2.31. The molecule has 0 aromatic heterocycles. The van der Waals surface area contributed by atoms with Crippen molar-refractivity contribution in [2.24, 2.45) is 0 Å². The Morgan fingerprint density at radius 2 is 2.10 bits per heavy atom. The van der Waals surface area contributed by atoms with E-state index >= 15 is 0 Å². The van der Waals surface area contributed by atoms with Gasteiger partial charge in [-0.05, 0) is 30.7 Å². The van der Waals surface area contributed by atoms with Gasteiger partial charge in [0.15, 0.2) is 5.12 Å². The van der Waals surface area contributed by atoms with Crippen molar-refractivity contribution in [3.8, 4) is 0 Å². The van der Waals surface area contributed by atoms with E-state index in [0.29, 0.717) is 18.7 Å². The predicted octanol–water partition coefficient (Wildman–Crippen LogP) is 2.08. The van der Waals surface area contributed by atoms with E-state index in [4.69, 9.17) is 5.11 Å². The molecule has 106 valence electrons. The molecule has 1 aromatic rings. The number of carboxylic acid groups (broad SMARTS) is 1. The summed E-state index contributed by atoms with van der Waals surface area (Å²) in [6.07, 6.45) is 0.338. The first kappa shape index (κ1) is 14.6. The average molecular weight is 293 g/mol. The molecule has 1 aliphatic heterocycles. The van der Waals surface area contributed by atoms with Crippen LogP contribution in [0.15, 0.2) is 18.2 Å². The van der Waals surface area contributed by atoms with E-state index in [0.717, 1.165) is 5.56 Å². The predicted molar refractivity (Wildman–Crippen MR) is 77.2 cm³/mol. The lowest BCUT2D eigenvalue weighted by Gasteiger charge is -2.19. The molecule has 0 radical (unpaired) electrons. The summed E-state index contributed by atoms with van der Waals surface area (Å²) in [5, 5.41) is 8.91. The first-order chi connectivity index (χ1) is 9.38. The van der Waals surface area contributed by atoms with Gasteiger partial charge in [-0.15, -0.1) is 0 Å². The van der Waals surface area contributed by atoms with Crippen LogP contribution in [-0.2, 0) is 9.59 Å². The number of thioether (sulfide) groups is 1. The minimum absolute atomic E-state index is 0.00240. The Balaban J connectivity index is 2.22. The molecule has 1 N–H and O–H groups in total. The second kappa shape index (κ2) is 5.66. The van der Waals surface area contributed by atoms with Gasteiger partial charge in [-0.3, -0.25) is 9.59 Å². The van der Waals surface area contributed by atoms with E-state index in [2.05, 4.69) is 0 Å². The zero-order chi connectivity index (χ0) is 14.9. The fraction of sp³-hybridized carbons (Fsp3) is 0.357. The Hall–Kier alpha value is -1.82. The van der Waals surface area contributed by atoms with Gasteiger partial charge in [-0.25, -0.2) is 4.79 Å². The third kappa shape index (κ3) is 3.01. The van der Waals surface area contributed by atoms with E-state index in [1.54, 1.807) is 24.0 Å². The van der Waals surface area contributed by atoms with E-state index in [9.17, 15) is 14.4 Å². The molecule has 6 heteroatoms. The van der Waals surface area contributed by atoms with Crippen molar-refractivity contribution >= 4 is 34.4 Å². The van der Waals surface area contributed by atoms with Crippen LogP contribution < -0.4 is 4.90 Å². The molecule has 2 rings (SSSR count). The molecule has 1 heterocycles. The van der Waals surface area contributed by atoms with Crippen LogP contribution >= 0.6 is 11.8 Å². The summed E-state index contributed by atoms with van der Waals surface area (Å²) in [7, 11) is 0. The molecular weight excluding hydrogens is 278 g/mol. The third-order valence-electron chi connectivity index (χ3n) is 3.16. The van der Waals surface area contributed by atoms with Crippen molar-refractivity contribution in [3.63, 3.8) is 0 Å². The quantitative estimate of drug-likeness (QED) is 0.923. The Morgan fingerprint density at radius 3 is 2.65 bits per heavy atom. The molecule has 20 heavy (non-hydrogen) atoms. The van der Waals surface area contributed by atoms with Crippen LogP contribution in [0.2, 0.25) is 0 Å². The molecule has 0 saturated carbocycles. The molecule has 1 atom stereocenters. The second-order valence-electron chi connectivity index (χ2n) is 4.75. The van der Waals surface area contributed by atoms with Gasteiger partial charge in [0, 0.05) is 30.8 Å². The Bertz CT molecular complexity index is 585. The van der Waals surface area contributed by atoms with E-state index in [-0.39, 0.29) is 21.8 Å². The third-order valence-corrected chi connectivity index (χ3v) is 4.14. The molecule has 0 aliphatic carbocycles.